The van der Waals surface area contributed by atoms with E-state index in [4.69, 9.17) is 11.6 Å². The third-order valence-electron chi connectivity index (χ3n) is 5.56. The van der Waals surface area contributed by atoms with Gasteiger partial charge in [-0.25, -0.2) is 0 Å². The molecule has 2 aliphatic rings. The highest BCUT2D eigenvalue weighted by molar-refractivity contribution is 7.59. The molecule has 0 fully saturated rings. The lowest BCUT2D eigenvalue weighted by Crippen LogP contribution is -2.43. The van der Waals surface area contributed by atoms with Crippen molar-refractivity contribution in [3.8, 4) is 0 Å². The predicted octanol–water partition coefficient (Wildman–Crippen LogP) is 5.55. The average Bonchev–Trinajstić information content (AvgIpc) is 3.43. The minimum Gasteiger partial charge on any atom is -0.305 e. The number of benzene rings is 1. The minimum atomic E-state index is -4.58. The van der Waals surface area contributed by atoms with Gasteiger partial charge in [0.1, 0.15) is 11.4 Å². The maximum Gasteiger partial charge on any atom is 0.417 e. The standard InChI is InChI=1S/C22H16ClF3N6O.CH4.H2S/c1-12-11-31(13-2-3-15(16(23)8-13)22(24,25)26)21(33)20-14(9-29-32(12)20)17-4-5-18(30-17)19-10-27-6-7-28-19;;/h2-4,6-10,12H,5,11H2,1H3;1H4;1H2/t12-;;/m0../s1. The Labute approximate surface area is 211 Å². The van der Waals surface area contributed by atoms with E-state index in [-0.39, 0.29) is 45.1 Å². The number of hydrogen-bond donors (Lipinski definition) is 0. The molecule has 12 heteroatoms. The first-order valence-electron chi connectivity index (χ1n) is 10.0. The third kappa shape index (κ3) is 4.70. The zero-order chi connectivity index (χ0) is 23.3. The molecule has 2 aromatic heterocycles. The summed E-state index contributed by atoms with van der Waals surface area (Å²) in [5.74, 6) is -0.388. The van der Waals surface area contributed by atoms with Crippen LogP contribution in [0.25, 0.3) is 5.70 Å². The van der Waals surface area contributed by atoms with E-state index in [2.05, 4.69) is 20.1 Å². The van der Waals surface area contributed by atoms with Crippen LogP contribution < -0.4 is 4.90 Å². The van der Waals surface area contributed by atoms with E-state index >= 15 is 0 Å². The summed E-state index contributed by atoms with van der Waals surface area (Å²) in [6.07, 6.45) is 4.19. The van der Waals surface area contributed by atoms with Crippen molar-refractivity contribution < 1.29 is 18.0 Å². The van der Waals surface area contributed by atoms with E-state index < -0.39 is 16.8 Å². The molecular weight excluding hydrogens is 501 g/mol. The highest BCUT2D eigenvalue weighted by atomic mass is 35.5. The average molecular weight is 523 g/mol. The number of anilines is 1. The highest BCUT2D eigenvalue weighted by Crippen LogP contribution is 2.38. The molecule has 2 aliphatic heterocycles. The molecular formula is C23H22ClF3N6OS. The Bertz CT molecular complexity index is 1320. The lowest BCUT2D eigenvalue weighted by Gasteiger charge is -2.32. The topological polar surface area (TPSA) is 76.3 Å². The van der Waals surface area contributed by atoms with E-state index in [0.717, 1.165) is 11.8 Å². The molecule has 184 valence electrons. The van der Waals surface area contributed by atoms with E-state index in [1.54, 1.807) is 29.5 Å². The van der Waals surface area contributed by atoms with Gasteiger partial charge in [-0.1, -0.05) is 25.1 Å². The molecule has 0 spiro atoms. The summed E-state index contributed by atoms with van der Waals surface area (Å²) in [4.78, 5) is 27.8. The lowest BCUT2D eigenvalue weighted by atomic mass is 10.1. The van der Waals surface area contributed by atoms with Gasteiger partial charge in [0.15, 0.2) is 0 Å². The van der Waals surface area contributed by atoms with Crippen LogP contribution in [0, 0.1) is 0 Å². The van der Waals surface area contributed by atoms with Crippen molar-refractivity contribution in [2.24, 2.45) is 4.99 Å². The van der Waals surface area contributed by atoms with Crippen molar-refractivity contribution in [2.75, 3.05) is 11.4 Å². The number of alkyl halides is 3. The second-order valence-electron chi connectivity index (χ2n) is 7.72. The van der Waals surface area contributed by atoms with Crippen LogP contribution in [0.3, 0.4) is 0 Å². The van der Waals surface area contributed by atoms with Crippen LogP contribution in [0.15, 0.2) is 54.1 Å². The van der Waals surface area contributed by atoms with Gasteiger partial charge in [-0.05, 0) is 25.1 Å². The van der Waals surface area contributed by atoms with Gasteiger partial charge in [-0.2, -0.15) is 31.8 Å². The zero-order valence-corrected chi connectivity index (χ0v) is 19.5. The molecule has 7 nitrogen and oxygen atoms in total. The number of carbonyl (C=O) groups excluding carboxylic acids is 1. The molecule has 0 saturated carbocycles. The molecule has 3 aromatic rings. The summed E-state index contributed by atoms with van der Waals surface area (Å²) in [5, 5.41) is 3.92. The number of halogens is 4. The van der Waals surface area contributed by atoms with Crippen molar-refractivity contribution in [3.05, 3.63) is 76.6 Å². The quantitative estimate of drug-likeness (QED) is 0.452. The highest BCUT2D eigenvalue weighted by Gasteiger charge is 2.37. The van der Waals surface area contributed by atoms with Gasteiger partial charge in [0, 0.05) is 31.0 Å². The molecule has 0 aliphatic carbocycles. The Morgan fingerprint density at radius 2 is 1.94 bits per heavy atom. The fourth-order valence-electron chi connectivity index (χ4n) is 3.98. The molecule has 4 heterocycles. The van der Waals surface area contributed by atoms with Crippen molar-refractivity contribution >= 4 is 48.1 Å². The maximum absolute atomic E-state index is 13.4. The molecule has 0 N–H and O–H groups in total. The number of aliphatic imine (C=N–C) groups is 1. The second-order valence-corrected chi connectivity index (χ2v) is 8.13. The number of amides is 1. The molecule has 0 unspecified atom stereocenters. The van der Waals surface area contributed by atoms with E-state index in [1.807, 2.05) is 13.0 Å². The number of carbonyl (C=O) groups is 1. The van der Waals surface area contributed by atoms with Crippen LogP contribution in [0.5, 0.6) is 0 Å². The van der Waals surface area contributed by atoms with Crippen LogP contribution in [0.2, 0.25) is 5.02 Å². The molecule has 0 bridgehead atoms. The number of hydrogen-bond acceptors (Lipinski definition) is 5. The summed E-state index contributed by atoms with van der Waals surface area (Å²) < 4.78 is 40.9. The number of fused-ring (bicyclic) bond motifs is 1. The van der Waals surface area contributed by atoms with Crippen LogP contribution in [0.4, 0.5) is 18.9 Å². The van der Waals surface area contributed by atoms with Gasteiger partial charge in [0.05, 0.1) is 46.0 Å². The van der Waals surface area contributed by atoms with Crippen molar-refractivity contribution in [1.29, 1.82) is 0 Å². The van der Waals surface area contributed by atoms with Crippen molar-refractivity contribution in [1.82, 2.24) is 19.7 Å². The van der Waals surface area contributed by atoms with Gasteiger partial charge in [0.25, 0.3) is 5.91 Å². The van der Waals surface area contributed by atoms with Crippen LogP contribution in [-0.4, -0.2) is 37.9 Å². The summed E-state index contributed by atoms with van der Waals surface area (Å²) in [5.41, 5.74) is 2.16. The second kappa shape index (κ2) is 9.82. The normalized spacial score (nSPS) is 17.2. The van der Waals surface area contributed by atoms with Gasteiger partial charge < -0.3 is 4.90 Å². The first-order valence-corrected chi connectivity index (χ1v) is 10.4. The van der Waals surface area contributed by atoms with Crippen LogP contribution in [0.1, 0.15) is 54.1 Å². The molecule has 35 heavy (non-hydrogen) atoms. The number of aromatic nitrogens is 4. The smallest absolute Gasteiger partial charge is 0.305 e. The number of rotatable bonds is 3. The zero-order valence-electron chi connectivity index (χ0n) is 17.7. The van der Waals surface area contributed by atoms with E-state index in [9.17, 15) is 18.0 Å². The largest absolute Gasteiger partial charge is 0.417 e. The Kier molecular flexibility index (Phi) is 7.42. The molecule has 0 saturated heterocycles. The van der Waals surface area contributed by atoms with Gasteiger partial charge in [0.2, 0.25) is 0 Å². The van der Waals surface area contributed by atoms with Crippen LogP contribution in [-0.2, 0) is 6.18 Å². The summed E-state index contributed by atoms with van der Waals surface area (Å²) >= 11 is 5.89. The fraction of sp³-hybridized carbons (Fsp3) is 0.261. The molecule has 0 radical (unpaired) electrons. The fourth-order valence-corrected chi connectivity index (χ4v) is 4.27. The van der Waals surface area contributed by atoms with Crippen molar-refractivity contribution in [2.45, 2.75) is 33.0 Å². The predicted molar refractivity (Wildman–Crippen MR) is 133 cm³/mol. The Morgan fingerprint density at radius 1 is 1.17 bits per heavy atom. The maximum atomic E-state index is 13.4. The monoisotopic (exact) mass is 522 g/mol. The van der Waals surface area contributed by atoms with E-state index in [0.29, 0.717) is 29.1 Å². The minimum absolute atomic E-state index is 0. The Morgan fingerprint density at radius 3 is 2.60 bits per heavy atom. The SMILES string of the molecule is C.C[C@H]1CN(c2ccc(C(F)(F)F)c(Cl)c2)C(=O)c2c(C3=CCC(c4cnccn4)=N3)cnn21.S. The van der Waals surface area contributed by atoms with E-state index in [1.165, 1.54) is 17.0 Å². The summed E-state index contributed by atoms with van der Waals surface area (Å²) in [6, 6.07) is 3.10. The van der Waals surface area contributed by atoms with Gasteiger partial charge in [-0.15, -0.1) is 0 Å². The Hall–Kier alpha value is -3.18. The number of allylic oxidation sites excluding steroid dienone is 1. The molecule has 1 atom stereocenters. The molecule has 1 amide bonds. The molecule has 1 aromatic carbocycles. The Balaban J connectivity index is 0.00000171. The van der Waals surface area contributed by atoms with Crippen LogP contribution >= 0.6 is 25.1 Å². The third-order valence-corrected chi connectivity index (χ3v) is 5.87. The lowest BCUT2D eigenvalue weighted by molar-refractivity contribution is -0.137. The first-order chi connectivity index (χ1) is 15.7. The van der Waals surface area contributed by atoms with Crippen molar-refractivity contribution in [3.63, 3.8) is 0 Å². The number of nitrogens with zero attached hydrogens (tertiary/aromatic N) is 6. The summed E-state index contributed by atoms with van der Waals surface area (Å²) in [7, 11) is 0. The first kappa shape index (κ1) is 26.4. The van der Waals surface area contributed by atoms with Gasteiger partial charge >= 0.3 is 6.18 Å². The van der Waals surface area contributed by atoms with Gasteiger partial charge in [-0.3, -0.25) is 24.4 Å². The summed E-state index contributed by atoms with van der Waals surface area (Å²) in [6.45, 7) is 2.12. The molecule has 5 rings (SSSR count).